The van der Waals surface area contributed by atoms with Gasteiger partial charge in [-0.1, -0.05) is 71.9 Å². The fourth-order valence-corrected chi connectivity index (χ4v) is 2.78. The predicted molar refractivity (Wildman–Crippen MR) is 100 cm³/mol. The number of rotatable bonds is 4. The van der Waals surface area contributed by atoms with E-state index in [1.165, 1.54) is 5.56 Å². The van der Waals surface area contributed by atoms with Gasteiger partial charge < -0.3 is 9.84 Å². The zero-order valence-electron chi connectivity index (χ0n) is 15.8. The Kier molecular flexibility index (Phi) is 5.39. The Hall–Kier alpha value is -1.80. The van der Waals surface area contributed by atoms with Gasteiger partial charge in [-0.15, -0.1) is 0 Å². The highest BCUT2D eigenvalue weighted by atomic mass is 16.5. The van der Waals surface area contributed by atoms with Crippen molar-refractivity contribution in [3.8, 4) is 5.75 Å². The molecule has 2 heteroatoms. The lowest BCUT2D eigenvalue weighted by Gasteiger charge is -2.28. The van der Waals surface area contributed by atoms with Crippen LogP contribution in [0.4, 0.5) is 0 Å². The molecule has 2 aromatic rings. The van der Waals surface area contributed by atoms with Crippen LogP contribution in [0.2, 0.25) is 0 Å². The van der Waals surface area contributed by atoms with Crippen LogP contribution in [0.25, 0.3) is 0 Å². The predicted octanol–water partition coefficient (Wildman–Crippen LogP) is 5.70. The molecule has 0 atom stereocenters. The van der Waals surface area contributed by atoms with Crippen molar-refractivity contribution in [2.24, 2.45) is 0 Å². The summed E-state index contributed by atoms with van der Waals surface area (Å²) < 4.78 is 5.90. The van der Waals surface area contributed by atoms with Crippen molar-refractivity contribution in [3.63, 3.8) is 0 Å². The van der Waals surface area contributed by atoms with Gasteiger partial charge in [-0.2, -0.15) is 0 Å². The molecule has 0 fully saturated rings. The normalized spacial score (nSPS) is 12.4. The zero-order valence-corrected chi connectivity index (χ0v) is 15.8. The molecule has 0 radical (unpaired) electrons. The molecule has 0 heterocycles. The van der Waals surface area contributed by atoms with Crippen molar-refractivity contribution in [3.05, 3.63) is 64.7 Å². The average molecular weight is 326 g/mol. The summed E-state index contributed by atoms with van der Waals surface area (Å²) in [5, 5.41) is 10.7. The van der Waals surface area contributed by atoms with E-state index in [2.05, 4.69) is 65.8 Å². The van der Waals surface area contributed by atoms with E-state index in [1.54, 1.807) is 0 Å². The molecular formula is C22H30O2. The minimum atomic E-state index is -0.112. The van der Waals surface area contributed by atoms with Gasteiger partial charge >= 0.3 is 0 Å². The number of hydrogen-bond donors (Lipinski definition) is 1. The van der Waals surface area contributed by atoms with Gasteiger partial charge in [0.1, 0.15) is 5.75 Å². The first-order chi connectivity index (χ1) is 11.1. The van der Waals surface area contributed by atoms with E-state index in [4.69, 9.17) is 4.74 Å². The lowest BCUT2D eigenvalue weighted by molar-refractivity contribution is 0.107. The van der Waals surface area contributed by atoms with Gasteiger partial charge in [0.15, 0.2) is 0 Å². The summed E-state index contributed by atoms with van der Waals surface area (Å²) in [6.07, 6.45) is 0. The Morgan fingerprint density at radius 1 is 0.750 bits per heavy atom. The Labute approximate surface area is 146 Å². The molecular weight excluding hydrogens is 296 g/mol. The van der Waals surface area contributed by atoms with Crippen LogP contribution in [0.1, 0.15) is 63.8 Å². The standard InChI is InChI=1S/C22H30O2/c1-21(2,3)18-12-17(13-19(20(18)23)22(4,5)6)15-24-14-16-10-8-7-9-11-16/h7-13,23H,14-15H2,1-6H3. The van der Waals surface area contributed by atoms with Gasteiger partial charge in [0, 0.05) is 0 Å². The van der Waals surface area contributed by atoms with E-state index < -0.39 is 0 Å². The molecule has 0 saturated carbocycles. The largest absolute Gasteiger partial charge is 0.507 e. The number of phenols is 1. The third-order valence-electron chi connectivity index (χ3n) is 4.17. The van der Waals surface area contributed by atoms with E-state index >= 15 is 0 Å². The van der Waals surface area contributed by atoms with Crippen molar-refractivity contribution in [2.45, 2.75) is 65.6 Å². The van der Waals surface area contributed by atoms with E-state index in [0.717, 1.165) is 16.7 Å². The van der Waals surface area contributed by atoms with Crippen LogP contribution in [0.5, 0.6) is 5.75 Å². The molecule has 0 bridgehead atoms. The Morgan fingerprint density at radius 3 is 1.67 bits per heavy atom. The minimum absolute atomic E-state index is 0.112. The molecule has 0 aliphatic heterocycles. The third kappa shape index (κ3) is 4.61. The number of ether oxygens (including phenoxy) is 1. The molecule has 2 aromatic carbocycles. The molecule has 0 aliphatic rings. The summed E-state index contributed by atoms with van der Waals surface area (Å²) in [6.45, 7) is 13.9. The number of hydrogen-bond acceptors (Lipinski definition) is 2. The molecule has 24 heavy (non-hydrogen) atoms. The Balaban J connectivity index is 2.26. The number of benzene rings is 2. The number of aromatic hydroxyl groups is 1. The maximum Gasteiger partial charge on any atom is 0.123 e. The monoisotopic (exact) mass is 326 g/mol. The van der Waals surface area contributed by atoms with E-state index in [0.29, 0.717) is 19.0 Å². The minimum Gasteiger partial charge on any atom is -0.507 e. The first-order valence-corrected chi connectivity index (χ1v) is 8.57. The summed E-state index contributed by atoms with van der Waals surface area (Å²) in [4.78, 5) is 0. The van der Waals surface area contributed by atoms with E-state index in [-0.39, 0.29) is 10.8 Å². The molecule has 130 valence electrons. The quantitative estimate of drug-likeness (QED) is 0.780. The molecule has 0 unspecified atom stereocenters. The van der Waals surface area contributed by atoms with Crippen molar-refractivity contribution < 1.29 is 9.84 Å². The third-order valence-corrected chi connectivity index (χ3v) is 4.17. The van der Waals surface area contributed by atoms with Gasteiger partial charge in [-0.3, -0.25) is 0 Å². The van der Waals surface area contributed by atoms with Crippen molar-refractivity contribution >= 4 is 0 Å². The highest BCUT2D eigenvalue weighted by Gasteiger charge is 2.26. The van der Waals surface area contributed by atoms with E-state index in [1.807, 2.05) is 18.2 Å². The lowest BCUT2D eigenvalue weighted by atomic mass is 9.78. The molecule has 1 N–H and O–H groups in total. The van der Waals surface area contributed by atoms with Gasteiger partial charge in [0.2, 0.25) is 0 Å². The smallest absolute Gasteiger partial charge is 0.123 e. The summed E-state index contributed by atoms with van der Waals surface area (Å²) >= 11 is 0. The van der Waals surface area contributed by atoms with Gasteiger partial charge in [0.05, 0.1) is 13.2 Å². The highest BCUT2D eigenvalue weighted by molar-refractivity contribution is 5.49. The first-order valence-electron chi connectivity index (χ1n) is 8.57. The molecule has 0 spiro atoms. The highest BCUT2D eigenvalue weighted by Crippen LogP contribution is 2.39. The Morgan fingerprint density at radius 2 is 1.21 bits per heavy atom. The van der Waals surface area contributed by atoms with Crippen LogP contribution < -0.4 is 0 Å². The van der Waals surface area contributed by atoms with Gasteiger partial charge in [0.25, 0.3) is 0 Å². The molecule has 2 nitrogen and oxygen atoms in total. The van der Waals surface area contributed by atoms with Crippen LogP contribution in [0, 0.1) is 0 Å². The summed E-state index contributed by atoms with van der Waals surface area (Å²) in [6, 6.07) is 14.3. The summed E-state index contributed by atoms with van der Waals surface area (Å²) in [5.74, 6) is 0.418. The first kappa shape index (κ1) is 18.5. The van der Waals surface area contributed by atoms with Crippen molar-refractivity contribution in [2.75, 3.05) is 0 Å². The van der Waals surface area contributed by atoms with Crippen LogP contribution in [0.15, 0.2) is 42.5 Å². The fourth-order valence-electron chi connectivity index (χ4n) is 2.78. The second kappa shape index (κ2) is 6.98. The fraction of sp³-hybridized carbons (Fsp3) is 0.455. The maximum absolute atomic E-state index is 10.7. The van der Waals surface area contributed by atoms with Crippen molar-refractivity contribution in [1.82, 2.24) is 0 Å². The molecule has 0 amide bonds. The van der Waals surface area contributed by atoms with Gasteiger partial charge in [-0.25, -0.2) is 0 Å². The van der Waals surface area contributed by atoms with Crippen molar-refractivity contribution in [1.29, 1.82) is 0 Å². The van der Waals surface area contributed by atoms with Crippen LogP contribution in [-0.2, 0) is 28.8 Å². The maximum atomic E-state index is 10.7. The second-order valence-corrected chi connectivity index (χ2v) is 8.52. The topological polar surface area (TPSA) is 29.5 Å². The van der Waals surface area contributed by atoms with Crippen LogP contribution in [-0.4, -0.2) is 5.11 Å². The number of phenolic OH excluding ortho intramolecular Hbond substituents is 1. The summed E-state index contributed by atoms with van der Waals surface area (Å²) in [7, 11) is 0. The second-order valence-electron chi connectivity index (χ2n) is 8.52. The van der Waals surface area contributed by atoms with Crippen LogP contribution in [0.3, 0.4) is 0 Å². The summed E-state index contributed by atoms with van der Waals surface area (Å²) in [5.41, 5.74) is 4.02. The van der Waals surface area contributed by atoms with Gasteiger partial charge in [-0.05, 0) is 45.2 Å². The lowest BCUT2D eigenvalue weighted by Crippen LogP contribution is -2.18. The SMILES string of the molecule is CC(C)(C)c1cc(COCc2ccccc2)cc(C(C)(C)C)c1O. The van der Waals surface area contributed by atoms with Crippen LogP contribution >= 0.6 is 0 Å². The zero-order chi connectivity index (χ0) is 18.0. The molecule has 2 rings (SSSR count). The molecule has 0 aromatic heterocycles. The molecule has 0 aliphatic carbocycles. The average Bonchev–Trinajstić information content (AvgIpc) is 2.47. The Bertz CT molecular complexity index is 638. The molecule has 0 saturated heterocycles. The van der Waals surface area contributed by atoms with E-state index in [9.17, 15) is 5.11 Å².